The molecule has 0 saturated carbocycles. The van der Waals surface area contributed by atoms with Crippen molar-refractivity contribution in [3.8, 4) is 0 Å². The van der Waals surface area contributed by atoms with Crippen molar-refractivity contribution in [2.24, 2.45) is 5.92 Å². The summed E-state index contributed by atoms with van der Waals surface area (Å²) in [7, 11) is 0. The van der Waals surface area contributed by atoms with E-state index in [0.717, 1.165) is 52.0 Å². The van der Waals surface area contributed by atoms with Gasteiger partial charge in [0.05, 0.1) is 17.8 Å². The Morgan fingerprint density at radius 1 is 1.25 bits per heavy atom. The largest absolute Gasteiger partial charge is 0.388 e. The minimum atomic E-state index is -0.501. The Kier molecular flexibility index (Phi) is 2.70. The lowest BCUT2D eigenvalue weighted by atomic mass is 9.75. The quantitative estimate of drug-likeness (QED) is 0.676. The summed E-state index contributed by atoms with van der Waals surface area (Å²) in [4.78, 5) is 0. The third-order valence-electron chi connectivity index (χ3n) is 4.49. The van der Waals surface area contributed by atoms with Crippen molar-refractivity contribution in [1.29, 1.82) is 0 Å². The van der Waals surface area contributed by atoms with Crippen molar-refractivity contribution in [2.45, 2.75) is 36.9 Å². The summed E-state index contributed by atoms with van der Waals surface area (Å²) >= 11 is 0. The van der Waals surface area contributed by atoms with Crippen LogP contribution in [0.15, 0.2) is 0 Å². The first-order chi connectivity index (χ1) is 7.73. The average molecular weight is 227 g/mol. The smallest absolute Gasteiger partial charge is 0.0940 e. The lowest BCUT2D eigenvalue weighted by Crippen LogP contribution is -2.49. The van der Waals surface area contributed by atoms with Crippen LogP contribution in [0.25, 0.3) is 0 Å². The average Bonchev–Trinajstić information content (AvgIpc) is 2.90. The maximum atomic E-state index is 10.6. The highest BCUT2D eigenvalue weighted by atomic mass is 16.6. The zero-order valence-corrected chi connectivity index (χ0v) is 9.71. The van der Waals surface area contributed by atoms with Gasteiger partial charge in [-0.1, -0.05) is 0 Å². The van der Waals surface area contributed by atoms with Crippen LogP contribution in [0.5, 0.6) is 0 Å². The van der Waals surface area contributed by atoms with Crippen molar-refractivity contribution < 1.29 is 14.6 Å². The van der Waals surface area contributed by atoms with E-state index in [4.69, 9.17) is 9.47 Å². The molecule has 0 amide bonds. The summed E-state index contributed by atoms with van der Waals surface area (Å²) in [6.45, 7) is 3.98. The number of aliphatic hydroxyl groups is 1. The summed E-state index contributed by atoms with van der Waals surface area (Å²) in [5.41, 5.74) is -0.583. The van der Waals surface area contributed by atoms with Gasteiger partial charge < -0.3 is 19.9 Å². The molecule has 0 radical (unpaired) electrons. The number of ether oxygens (including phenoxy) is 2. The molecule has 3 atom stereocenters. The van der Waals surface area contributed by atoms with Crippen LogP contribution >= 0.6 is 0 Å². The van der Waals surface area contributed by atoms with Gasteiger partial charge in [-0.2, -0.15) is 0 Å². The normalized spacial score (nSPS) is 48.9. The Bertz CT molecular complexity index is 247. The maximum absolute atomic E-state index is 10.6. The maximum Gasteiger partial charge on any atom is 0.0940 e. The van der Waals surface area contributed by atoms with E-state index >= 15 is 0 Å². The summed E-state index contributed by atoms with van der Waals surface area (Å²) in [5.74, 6) is 0.373. The second kappa shape index (κ2) is 3.95. The molecule has 3 unspecified atom stereocenters. The topological polar surface area (TPSA) is 50.7 Å². The molecule has 4 nitrogen and oxygen atoms in total. The van der Waals surface area contributed by atoms with Crippen LogP contribution in [-0.2, 0) is 9.47 Å². The number of rotatable bonds is 1. The van der Waals surface area contributed by atoms with E-state index in [1.165, 1.54) is 0 Å². The third-order valence-corrected chi connectivity index (χ3v) is 4.49. The van der Waals surface area contributed by atoms with Crippen molar-refractivity contribution >= 4 is 0 Å². The number of β-amino-alcohol motifs (C(OH)–C–C–N with tert-alkyl or cyclic N) is 1. The minimum absolute atomic E-state index is 0.0821. The van der Waals surface area contributed by atoms with Gasteiger partial charge in [0, 0.05) is 26.2 Å². The SMILES string of the molecule is OC1(C2CCOC3(CCOC3)C2)CCNC1. The first-order valence-corrected chi connectivity index (χ1v) is 6.37. The monoisotopic (exact) mass is 227 g/mol. The Hall–Kier alpha value is -0.160. The molecule has 4 heteroatoms. The first-order valence-electron chi connectivity index (χ1n) is 6.37. The highest BCUT2D eigenvalue weighted by molar-refractivity contribution is 5.00. The fourth-order valence-electron chi connectivity index (χ4n) is 3.40. The number of hydrogen-bond acceptors (Lipinski definition) is 4. The lowest BCUT2D eigenvalue weighted by Gasteiger charge is -2.42. The molecule has 3 fully saturated rings. The van der Waals surface area contributed by atoms with Crippen molar-refractivity contribution in [1.82, 2.24) is 5.32 Å². The second-order valence-corrected chi connectivity index (χ2v) is 5.55. The van der Waals surface area contributed by atoms with E-state index < -0.39 is 5.60 Å². The molecular formula is C12H21NO3. The molecule has 0 aliphatic carbocycles. The van der Waals surface area contributed by atoms with Gasteiger partial charge >= 0.3 is 0 Å². The standard InChI is InChI=1S/C12H21NO3/c14-12(2-4-13-8-12)10-1-5-16-11(7-10)3-6-15-9-11/h10,13-14H,1-9H2. The molecule has 16 heavy (non-hydrogen) atoms. The molecule has 0 aromatic heterocycles. The molecule has 92 valence electrons. The van der Waals surface area contributed by atoms with E-state index in [0.29, 0.717) is 12.5 Å². The summed E-state index contributed by atoms with van der Waals surface area (Å²) in [6, 6.07) is 0. The molecule has 3 rings (SSSR count). The van der Waals surface area contributed by atoms with Crippen LogP contribution in [0, 0.1) is 5.92 Å². The van der Waals surface area contributed by atoms with Gasteiger partial charge in [-0.25, -0.2) is 0 Å². The molecule has 1 spiro atoms. The lowest BCUT2D eigenvalue weighted by molar-refractivity contribution is -0.137. The molecule has 3 heterocycles. The third kappa shape index (κ3) is 1.78. The Morgan fingerprint density at radius 3 is 2.88 bits per heavy atom. The fourth-order valence-corrected chi connectivity index (χ4v) is 3.40. The highest BCUT2D eigenvalue weighted by Crippen LogP contribution is 2.41. The Balaban J connectivity index is 1.72. The van der Waals surface area contributed by atoms with E-state index in [-0.39, 0.29) is 5.60 Å². The van der Waals surface area contributed by atoms with Gasteiger partial charge in [-0.3, -0.25) is 0 Å². The Morgan fingerprint density at radius 2 is 2.19 bits per heavy atom. The van der Waals surface area contributed by atoms with Gasteiger partial charge in [0.25, 0.3) is 0 Å². The molecule has 0 bridgehead atoms. The van der Waals surface area contributed by atoms with Crippen LogP contribution in [0.3, 0.4) is 0 Å². The summed E-state index contributed by atoms with van der Waals surface area (Å²) in [6.07, 6.45) is 3.83. The van der Waals surface area contributed by atoms with Gasteiger partial charge in [0.1, 0.15) is 0 Å². The van der Waals surface area contributed by atoms with Crippen LogP contribution in [-0.4, -0.2) is 49.2 Å². The van der Waals surface area contributed by atoms with E-state index in [9.17, 15) is 5.11 Å². The van der Waals surface area contributed by atoms with Gasteiger partial charge in [0.2, 0.25) is 0 Å². The number of hydrogen-bond donors (Lipinski definition) is 2. The molecule has 3 aliphatic heterocycles. The van der Waals surface area contributed by atoms with Gasteiger partial charge in [-0.15, -0.1) is 0 Å². The fraction of sp³-hybridized carbons (Fsp3) is 1.00. The summed E-state index contributed by atoms with van der Waals surface area (Å²) in [5, 5.41) is 13.9. The summed E-state index contributed by atoms with van der Waals surface area (Å²) < 4.78 is 11.4. The van der Waals surface area contributed by atoms with Crippen LogP contribution in [0.1, 0.15) is 25.7 Å². The van der Waals surface area contributed by atoms with E-state index in [1.54, 1.807) is 0 Å². The van der Waals surface area contributed by atoms with Crippen molar-refractivity contribution in [2.75, 3.05) is 32.9 Å². The predicted molar refractivity (Wildman–Crippen MR) is 59.3 cm³/mol. The second-order valence-electron chi connectivity index (χ2n) is 5.55. The molecule has 2 N–H and O–H groups in total. The van der Waals surface area contributed by atoms with Crippen molar-refractivity contribution in [3.63, 3.8) is 0 Å². The number of nitrogens with one attached hydrogen (secondary N) is 1. The van der Waals surface area contributed by atoms with Crippen LogP contribution in [0.2, 0.25) is 0 Å². The zero-order chi connectivity index (χ0) is 11.1. The van der Waals surface area contributed by atoms with E-state index in [2.05, 4.69) is 5.32 Å². The zero-order valence-electron chi connectivity index (χ0n) is 9.71. The molecule has 0 aromatic rings. The Labute approximate surface area is 96.3 Å². The van der Waals surface area contributed by atoms with Crippen molar-refractivity contribution in [3.05, 3.63) is 0 Å². The predicted octanol–water partition coefficient (Wildman–Crippen LogP) is 0.297. The van der Waals surface area contributed by atoms with Gasteiger partial charge in [0.15, 0.2) is 0 Å². The van der Waals surface area contributed by atoms with Crippen LogP contribution in [0.4, 0.5) is 0 Å². The molecule has 0 aromatic carbocycles. The molecular weight excluding hydrogens is 206 g/mol. The van der Waals surface area contributed by atoms with E-state index in [1.807, 2.05) is 0 Å². The molecule has 3 saturated heterocycles. The first kappa shape index (κ1) is 11.0. The highest BCUT2D eigenvalue weighted by Gasteiger charge is 2.48. The van der Waals surface area contributed by atoms with Crippen LogP contribution < -0.4 is 5.32 Å². The van der Waals surface area contributed by atoms with Gasteiger partial charge in [-0.05, 0) is 31.7 Å². The molecule has 3 aliphatic rings. The minimum Gasteiger partial charge on any atom is -0.388 e.